The van der Waals surface area contributed by atoms with Crippen molar-refractivity contribution in [3.05, 3.63) is 71.8 Å². The summed E-state index contributed by atoms with van der Waals surface area (Å²) in [6.07, 6.45) is 0. The third kappa shape index (κ3) is 2.89. The highest BCUT2D eigenvalue weighted by Crippen LogP contribution is 2.33. The zero-order valence-corrected chi connectivity index (χ0v) is 12.1. The van der Waals surface area contributed by atoms with Crippen molar-refractivity contribution in [1.82, 2.24) is 5.32 Å². The summed E-state index contributed by atoms with van der Waals surface area (Å²) >= 11 is 7.54. The van der Waals surface area contributed by atoms with Crippen molar-refractivity contribution in [2.45, 2.75) is 11.4 Å². The van der Waals surface area contributed by atoms with Gasteiger partial charge in [-0.15, -0.1) is 11.8 Å². The van der Waals surface area contributed by atoms with Crippen molar-refractivity contribution >= 4 is 28.8 Å². The predicted octanol–water partition coefficient (Wildman–Crippen LogP) is 3.81. The van der Waals surface area contributed by atoms with Crippen LogP contribution in [-0.2, 0) is 0 Å². The van der Waals surface area contributed by atoms with Crippen LogP contribution in [0.5, 0.6) is 0 Å². The van der Waals surface area contributed by atoms with Crippen LogP contribution in [0.15, 0.2) is 60.7 Å². The molecule has 0 aliphatic carbocycles. The average molecular weight is 285 g/mol. The van der Waals surface area contributed by atoms with Crippen molar-refractivity contribution in [3.63, 3.8) is 0 Å². The zero-order chi connectivity index (χ0) is 13.1. The van der Waals surface area contributed by atoms with E-state index in [1.165, 1.54) is 5.56 Å². The van der Waals surface area contributed by atoms with Gasteiger partial charge in [0.25, 0.3) is 0 Å². The Labute approximate surface area is 123 Å². The number of benzene rings is 2. The summed E-state index contributed by atoms with van der Waals surface area (Å²) in [6.45, 7) is 0. The maximum absolute atomic E-state index is 5.61. The number of thiocarbonyl (C=S) groups is 1. The number of hydrogen-bond donors (Lipinski definition) is 1. The molecule has 96 valence electrons. The van der Waals surface area contributed by atoms with Gasteiger partial charge in [0.2, 0.25) is 0 Å². The van der Waals surface area contributed by atoms with Gasteiger partial charge in [-0.25, -0.2) is 0 Å². The minimum absolute atomic E-state index is 0.285. The fourth-order valence-corrected chi connectivity index (χ4v) is 3.90. The monoisotopic (exact) mass is 285 g/mol. The Morgan fingerprint density at radius 2 is 1.63 bits per heavy atom. The van der Waals surface area contributed by atoms with Crippen molar-refractivity contribution in [2.24, 2.45) is 0 Å². The van der Waals surface area contributed by atoms with Crippen LogP contribution in [0, 0.1) is 0 Å². The molecular formula is C16H15NS2. The van der Waals surface area contributed by atoms with Crippen LogP contribution in [-0.4, -0.2) is 16.7 Å². The molecular weight excluding hydrogens is 270 g/mol. The zero-order valence-electron chi connectivity index (χ0n) is 10.5. The Hall–Kier alpha value is -1.16. The van der Waals surface area contributed by atoms with E-state index in [0.717, 1.165) is 16.2 Å². The van der Waals surface area contributed by atoms with Crippen molar-refractivity contribution < 1.29 is 0 Å². The second-order valence-corrected chi connectivity index (χ2v) is 6.15. The lowest BCUT2D eigenvalue weighted by Crippen LogP contribution is -2.33. The van der Waals surface area contributed by atoms with E-state index in [1.54, 1.807) is 0 Å². The number of nitrogens with one attached hydrogen (secondary N) is 1. The highest BCUT2D eigenvalue weighted by Gasteiger charge is 2.28. The summed E-state index contributed by atoms with van der Waals surface area (Å²) in [5.41, 5.74) is 2.48. The lowest BCUT2D eigenvalue weighted by atomic mass is 10.1. The van der Waals surface area contributed by atoms with Gasteiger partial charge < -0.3 is 0 Å². The van der Waals surface area contributed by atoms with E-state index in [1.807, 2.05) is 30.0 Å². The molecule has 1 aliphatic rings. The molecule has 0 radical (unpaired) electrons. The van der Waals surface area contributed by atoms with Crippen LogP contribution in [0.4, 0.5) is 0 Å². The fraction of sp³-hybridized carbons (Fsp3) is 0.188. The SMILES string of the molecule is S=C(c1ccccc1)C1CSC(c2ccccc2)N1. The lowest BCUT2D eigenvalue weighted by molar-refractivity contribution is 0.691. The Bertz CT molecular complexity index is 553. The molecule has 0 saturated carbocycles. The van der Waals surface area contributed by atoms with Gasteiger partial charge in [0.15, 0.2) is 0 Å². The Kier molecular flexibility index (Phi) is 3.97. The van der Waals surface area contributed by atoms with Crippen molar-refractivity contribution in [1.29, 1.82) is 0 Å². The van der Waals surface area contributed by atoms with Gasteiger partial charge in [-0.3, -0.25) is 5.32 Å². The van der Waals surface area contributed by atoms with Crippen LogP contribution in [0.3, 0.4) is 0 Å². The van der Waals surface area contributed by atoms with E-state index in [4.69, 9.17) is 12.2 Å². The first kappa shape index (κ1) is 12.9. The molecule has 1 N–H and O–H groups in total. The summed E-state index contributed by atoms with van der Waals surface area (Å²) in [5.74, 6) is 1.04. The smallest absolute Gasteiger partial charge is 0.0795 e. The number of rotatable bonds is 3. The predicted molar refractivity (Wildman–Crippen MR) is 86.7 cm³/mol. The van der Waals surface area contributed by atoms with Gasteiger partial charge in [0, 0.05) is 10.6 Å². The van der Waals surface area contributed by atoms with E-state index in [2.05, 4.69) is 47.8 Å². The Morgan fingerprint density at radius 3 is 2.32 bits per heavy atom. The van der Waals surface area contributed by atoms with E-state index >= 15 is 0 Å². The summed E-state index contributed by atoms with van der Waals surface area (Å²) in [6, 6.07) is 21.1. The van der Waals surface area contributed by atoms with Gasteiger partial charge in [0.1, 0.15) is 0 Å². The second-order valence-electron chi connectivity index (χ2n) is 4.57. The van der Waals surface area contributed by atoms with Crippen molar-refractivity contribution in [3.8, 4) is 0 Å². The highest BCUT2D eigenvalue weighted by molar-refractivity contribution is 7.99. The van der Waals surface area contributed by atoms with Crippen LogP contribution < -0.4 is 5.32 Å². The molecule has 0 aromatic heterocycles. The first-order valence-corrected chi connectivity index (χ1v) is 7.82. The normalized spacial score (nSPS) is 22.3. The second kappa shape index (κ2) is 5.87. The maximum atomic E-state index is 5.61. The van der Waals surface area contributed by atoms with Gasteiger partial charge >= 0.3 is 0 Å². The molecule has 1 fully saturated rings. The molecule has 1 saturated heterocycles. The fourth-order valence-electron chi connectivity index (χ4n) is 2.25. The van der Waals surface area contributed by atoms with Crippen LogP contribution in [0.25, 0.3) is 0 Å². The summed E-state index contributed by atoms with van der Waals surface area (Å²) < 4.78 is 0. The lowest BCUT2D eigenvalue weighted by Gasteiger charge is -2.14. The Balaban J connectivity index is 1.71. The van der Waals surface area contributed by atoms with Gasteiger partial charge in [-0.05, 0) is 11.1 Å². The molecule has 2 aromatic carbocycles. The molecule has 1 aliphatic heterocycles. The Morgan fingerprint density at radius 1 is 1.00 bits per heavy atom. The third-order valence-electron chi connectivity index (χ3n) is 3.26. The molecule has 3 heteroatoms. The first-order chi connectivity index (χ1) is 9.34. The minimum Gasteiger partial charge on any atom is -0.293 e. The van der Waals surface area contributed by atoms with Crippen LogP contribution in [0.2, 0.25) is 0 Å². The quantitative estimate of drug-likeness (QED) is 0.680. The van der Waals surface area contributed by atoms with E-state index in [-0.39, 0.29) is 6.04 Å². The summed E-state index contributed by atoms with van der Waals surface area (Å²) in [5, 5.41) is 3.98. The molecule has 2 aromatic rings. The number of hydrogen-bond acceptors (Lipinski definition) is 3. The van der Waals surface area contributed by atoms with Gasteiger partial charge in [-0.2, -0.15) is 0 Å². The molecule has 3 rings (SSSR count). The van der Waals surface area contributed by atoms with E-state index < -0.39 is 0 Å². The third-order valence-corrected chi connectivity index (χ3v) is 5.05. The van der Waals surface area contributed by atoms with Crippen LogP contribution in [0.1, 0.15) is 16.5 Å². The van der Waals surface area contributed by atoms with Gasteiger partial charge in [0.05, 0.1) is 11.4 Å². The maximum Gasteiger partial charge on any atom is 0.0795 e. The van der Waals surface area contributed by atoms with Crippen LogP contribution >= 0.6 is 24.0 Å². The molecule has 1 nitrogen and oxygen atoms in total. The molecule has 2 atom stereocenters. The molecule has 0 spiro atoms. The molecule has 19 heavy (non-hydrogen) atoms. The van der Waals surface area contributed by atoms with Gasteiger partial charge in [-0.1, -0.05) is 72.9 Å². The topological polar surface area (TPSA) is 12.0 Å². The summed E-state index contributed by atoms with van der Waals surface area (Å²) in [7, 11) is 0. The standard InChI is InChI=1S/C16H15NS2/c18-15(12-7-3-1-4-8-12)14-11-19-16(17-14)13-9-5-2-6-10-13/h1-10,14,16-17H,11H2. The summed E-state index contributed by atoms with van der Waals surface area (Å²) in [4.78, 5) is 1.02. The average Bonchev–Trinajstić information content (AvgIpc) is 2.98. The highest BCUT2D eigenvalue weighted by atomic mass is 32.2. The molecule has 1 heterocycles. The van der Waals surface area contributed by atoms with E-state index in [9.17, 15) is 0 Å². The number of thioether (sulfide) groups is 1. The molecule has 0 amide bonds. The molecule has 0 bridgehead atoms. The molecule has 2 unspecified atom stereocenters. The van der Waals surface area contributed by atoms with E-state index in [0.29, 0.717) is 5.37 Å². The van der Waals surface area contributed by atoms with Crippen molar-refractivity contribution in [2.75, 3.05) is 5.75 Å². The largest absolute Gasteiger partial charge is 0.293 e. The minimum atomic E-state index is 0.285. The first-order valence-electron chi connectivity index (χ1n) is 6.36.